The van der Waals surface area contributed by atoms with Crippen LogP contribution in [0.15, 0.2) is 194 Å². The van der Waals surface area contributed by atoms with Gasteiger partial charge in [0.05, 0.1) is 11.0 Å². The number of fused-ring (bicyclic) bond motifs is 4. The SMILES string of the molecule is c1ccc(-c2ccc(-c3nc(-c4cccc(-c5ccc(-c6ccc7ccccc7c6)cc5)c4)nc(-n4c5ccccc5c5ccccc54)n3)cc2)cc1. The van der Waals surface area contributed by atoms with Crippen molar-refractivity contribution in [2.24, 2.45) is 0 Å². The Morgan fingerprint density at radius 3 is 1.42 bits per heavy atom. The van der Waals surface area contributed by atoms with Gasteiger partial charge in [0.2, 0.25) is 5.95 Å². The van der Waals surface area contributed by atoms with E-state index in [0.717, 1.165) is 49.6 Å². The van der Waals surface area contributed by atoms with Crippen molar-refractivity contribution >= 4 is 32.6 Å². The molecule has 248 valence electrons. The molecule has 0 saturated carbocycles. The van der Waals surface area contributed by atoms with Crippen LogP contribution in [0.25, 0.3) is 94.7 Å². The molecule has 0 fully saturated rings. The highest BCUT2D eigenvalue weighted by Gasteiger charge is 2.18. The maximum atomic E-state index is 5.19. The van der Waals surface area contributed by atoms with Crippen molar-refractivity contribution in [1.29, 1.82) is 0 Å². The van der Waals surface area contributed by atoms with E-state index in [-0.39, 0.29) is 0 Å². The quantitative estimate of drug-likeness (QED) is 0.176. The molecule has 4 nitrogen and oxygen atoms in total. The summed E-state index contributed by atoms with van der Waals surface area (Å²) in [5, 5.41) is 4.81. The molecular weight excluding hydrogens is 645 g/mol. The molecule has 53 heavy (non-hydrogen) atoms. The van der Waals surface area contributed by atoms with E-state index in [2.05, 4.69) is 193 Å². The zero-order chi connectivity index (χ0) is 35.1. The average Bonchev–Trinajstić information content (AvgIpc) is 3.58. The highest BCUT2D eigenvalue weighted by Crippen LogP contribution is 2.34. The van der Waals surface area contributed by atoms with Gasteiger partial charge in [0.25, 0.3) is 0 Å². The van der Waals surface area contributed by atoms with Crippen LogP contribution in [-0.4, -0.2) is 19.5 Å². The Kier molecular flexibility index (Phi) is 7.43. The molecular formula is C49H32N4. The minimum atomic E-state index is 0.583. The van der Waals surface area contributed by atoms with Gasteiger partial charge in [0.1, 0.15) is 0 Å². The first-order valence-corrected chi connectivity index (χ1v) is 17.9. The van der Waals surface area contributed by atoms with Gasteiger partial charge in [-0.2, -0.15) is 9.97 Å². The lowest BCUT2D eigenvalue weighted by atomic mass is 9.97. The topological polar surface area (TPSA) is 43.6 Å². The number of hydrogen-bond donors (Lipinski definition) is 0. The molecule has 10 aromatic rings. The van der Waals surface area contributed by atoms with Crippen molar-refractivity contribution in [2.75, 3.05) is 0 Å². The monoisotopic (exact) mass is 676 g/mol. The van der Waals surface area contributed by atoms with Crippen LogP contribution in [0.4, 0.5) is 0 Å². The molecule has 0 aliphatic heterocycles. The third-order valence-electron chi connectivity index (χ3n) is 10.1. The standard InChI is InChI=1S/C49H32N4/c1-2-11-33(12-3-1)35-25-28-38(29-26-35)47-50-48(52-49(51-47)53-45-19-8-6-17-43(45)44-18-7-9-20-46(44)53)42-16-10-15-40(32-42)36-21-23-37(24-22-36)41-30-27-34-13-4-5-14-39(34)31-41/h1-32H. The Labute approximate surface area is 307 Å². The predicted octanol–water partition coefficient (Wildman–Crippen LogP) is 12.5. The van der Waals surface area contributed by atoms with Crippen molar-refractivity contribution in [3.05, 3.63) is 194 Å². The summed E-state index contributed by atoms with van der Waals surface area (Å²) in [4.78, 5) is 15.5. The molecule has 0 aliphatic rings. The number of hydrogen-bond acceptors (Lipinski definition) is 3. The van der Waals surface area contributed by atoms with E-state index in [1.54, 1.807) is 0 Å². The fourth-order valence-corrected chi connectivity index (χ4v) is 7.37. The van der Waals surface area contributed by atoms with Crippen molar-refractivity contribution < 1.29 is 0 Å². The molecule has 2 heterocycles. The van der Waals surface area contributed by atoms with Crippen molar-refractivity contribution in [3.8, 4) is 62.1 Å². The predicted molar refractivity (Wildman–Crippen MR) is 219 cm³/mol. The molecule has 0 amide bonds. The van der Waals surface area contributed by atoms with Crippen LogP contribution >= 0.6 is 0 Å². The van der Waals surface area contributed by atoms with Crippen molar-refractivity contribution in [3.63, 3.8) is 0 Å². The van der Waals surface area contributed by atoms with E-state index >= 15 is 0 Å². The highest BCUT2D eigenvalue weighted by molar-refractivity contribution is 6.09. The summed E-state index contributed by atoms with van der Waals surface area (Å²) < 4.78 is 2.16. The fraction of sp³-hybridized carbons (Fsp3) is 0. The zero-order valence-corrected chi connectivity index (χ0v) is 28.8. The van der Waals surface area contributed by atoms with Crippen molar-refractivity contribution in [2.45, 2.75) is 0 Å². The van der Waals surface area contributed by atoms with Crippen LogP contribution in [0.5, 0.6) is 0 Å². The summed E-state index contributed by atoms with van der Waals surface area (Å²) in [5.74, 6) is 1.82. The Balaban J connectivity index is 1.08. The first kappa shape index (κ1) is 30.6. The van der Waals surface area contributed by atoms with Crippen LogP contribution in [0.3, 0.4) is 0 Å². The minimum Gasteiger partial charge on any atom is -0.278 e. The molecule has 10 rings (SSSR count). The molecule has 0 spiro atoms. The summed E-state index contributed by atoms with van der Waals surface area (Å²) in [6.45, 7) is 0. The normalized spacial score (nSPS) is 11.4. The van der Waals surface area contributed by atoms with Crippen LogP contribution in [0.2, 0.25) is 0 Å². The molecule has 0 bridgehead atoms. The number of benzene rings is 8. The number of aromatic nitrogens is 4. The number of nitrogens with zero attached hydrogens (tertiary/aromatic N) is 4. The van der Waals surface area contributed by atoms with Gasteiger partial charge in [-0.25, -0.2) is 4.98 Å². The van der Waals surface area contributed by atoms with Gasteiger partial charge in [0.15, 0.2) is 11.6 Å². The lowest BCUT2D eigenvalue weighted by Crippen LogP contribution is -2.06. The molecule has 0 saturated heterocycles. The maximum absolute atomic E-state index is 5.19. The van der Waals surface area contributed by atoms with Crippen LogP contribution < -0.4 is 0 Å². The van der Waals surface area contributed by atoms with Gasteiger partial charge in [-0.3, -0.25) is 4.57 Å². The Morgan fingerprint density at radius 1 is 0.283 bits per heavy atom. The van der Waals surface area contributed by atoms with Crippen LogP contribution in [0, 0.1) is 0 Å². The van der Waals surface area contributed by atoms with Gasteiger partial charge < -0.3 is 0 Å². The zero-order valence-electron chi connectivity index (χ0n) is 28.8. The molecule has 2 aromatic heterocycles. The lowest BCUT2D eigenvalue weighted by Gasteiger charge is -2.12. The summed E-state index contributed by atoms with van der Waals surface area (Å²) in [7, 11) is 0. The van der Waals surface area contributed by atoms with Crippen LogP contribution in [0.1, 0.15) is 0 Å². The van der Waals surface area contributed by atoms with Gasteiger partial charge in [-0.15, -0.1) is 0 Å². The number of rotatable bonds is 6. The Hall–Kier alpha value is -7.17. The van der Waals surface area contributed by atoms with Gasteiger partial charge >= 0.3 is 0 Å². The summed E-state index contributed by atoms with van der Waals surface area (Å²) in [6, 6.07) is 68.2. The molecule has 4 heteroatoms. The first-order chi connectivity index (χ1) is 26.2. The molecule has 0 unspecified atom stereocenters. The van der Waals surface area contributed by atoms with E-state index in [4.69, 9.17) is 15.0 Å². The van der Waals surface area contributed by atoms with Gasteiger partial charge in [0, 0.05) is 21.9 Å². The van der Waals surface area contributed by atoms with E-state index < -0.39 is 0 Å². The van der Waals surface area contributed by atoms with E-state index in [1.165, 1.54) is 27.5 Å². The summed E-state index contributed by atoms with van der Waals surface area (Å²) in [5.41, 5.74) is 10.9. The fourth-order valence-electron chi connectivity index (χ4n) is 7.37. The minimum absolute atomic E-state index is 0.583. The summed E-state index contributed by atoms with van der Waals surface area (Å²) >= 11 is 0. The molecule has 0 atom stereocenters. The first-order valence-electron chi connectivity index (χ1n) is 17.9. The Morgan fingerprint density at radius 2 is 0.736 bits per heavy atom. The maximum Gasteiger partial charge on any atom is 0.238 e. The van der Waals surface area contributed by atoms with Gasteiger partial charge in [-0.05, 0) is 68.4 Å². The third-order valence-corrected chi connectivity index (χ3v) is 10.1. The highest BCUT2D eigenvalue weighted by atomic mass is 15.2. The van der Waals surface area contributed by atoms with E-state index in [0.29, 0.717) is 17.6 Å². The third kappa shape index (κ3) is 5.63. The van der Waals surface area contributed by atoms with E-state index in [9.17, 15) is 0 Å². The second-order valence-corrected chi connectivity index (χ2v) is 13.3. The summed E-state index contributed by atoms with van der Waals surface area (Å²) in [6.07, 6.45) is 0. The smallest absolute Gasteiger partial charge is 0.238 e. The largest absolute Gasteiger partial charge is 0.278 e. The lowest BCUT2D eigenvalue weighted by molar-refractivity contribution is 0.953. The Bertz CT molecular complexity index is 2870. The molecule has 0 aliphatic carbocycles. The van der Waals surface area contributed by atoms with Crippen LogP contribution in [-0.2, 0) is 0 Å². The van der Waals surface area contributed by atoms with Crippen molar-refractivity contribution in [1.82, 2.24) is 19.5 Å². The molecule has 0 N–H and O–H groups in total. The molecule has 8 aromatic carbocycles. The average molecular weight is 677 g/mol. The molecule has 0 radical (unpaired) electrons. The second kappa shape index (κ2) is 12.9. The number of para-hydroxylation sites is 2. The van der Waals surface area contributed by atoms with Gasteiger partial charge in [-0.1, -0.05) is 170 Å². The van der Waals surface area contributed by atoms with E-state index in [1.807, 2.05) is 6.07 Å². The second-order valence-electron chi connectivity index (χ2n) is 13.3.